The molecule has 0 saturated carbocycles. The number of hydrogen-bond acceptors (Lipinski definition) is 47. The number of ether oxygens (including phenoxy) is 7. The van der Waals surface area contributed by atoms with E-state index < -0.39 is 218 Å². The van der Waals surface area contributed by atoms with Crippen molar-refractivity contribution in [3.63, 3.8) is 0 Å². The van der Waals surface area contributed by atoms with E-state index in [2.05, 4.69) is 92.3 Å². The fourth-order valence-electron chi connectivity index (χ4n) is 16.6. The molecular formula is C63H71F3N28O28P6S6. The van der Waals surface area contributed by atoms with E-state index in [1.54, 1.807) is 16.7 Å². The Balaban J connectivity index is 0.000000125. The maximum Gasteiger partial charge on any atom is 0.386 e. The highest BCUT2D eigenvalue weighted by atomic mass is 32.7. The molecular weight excluding hydrogens is 2030 g/mol. The summed E-state index contributed by atoms with van der Waals surface area (Å²) in [5, 5.41) is 7.88. The number of H-pyrrole nitrogens is 3. The summed E-state index contributed by atoms with van der Waals surface area (Å²) in [6.07, 6.45) is -16.5. The third-order valence-corrected chi connectivity index (χ3v) is 31.9. The van der Waals surface area contributed by atoms with Gasteiger partial charge < -0.3 is 124 Å². The van der Waals surface area contributed by atoms with Crippen LogP contribution < -0.4 is 51.1 Å². The smallest absolute Gasteiger partial charge is 0.386 e. The first-order valence-electron chi connectivity index (χ1n) is 39.3. The first-order valence-corrected chi connectivity index (χ1v) is 55.0. The highest BCUT2D eigenvalue weighted by molar-refractivity contribution is 8.44. The number of nitrogens with zero attached hydrogens (tertiary/aromatic N) is 19. The molecule has 22 heterocycles. The lowest BCUT2D eigenvalue weighted by molar-refractivity contribution is -0.183. The third kappa shape index (κ3) is 18.0. The van der Waals surface area contributed by atoms with Gasteiger partial charge in [0, 0.05) is 31.4 Å². The number of nitrogens with two attached hydrogens (primary N) is 6. The summed E-state index contributed by atoms with van der Waals surface area (Å²) < 4.78 is 180. The van der Waals surface area contributed by atoms with Gasteiger partial charge in [-0.1, -0.05) is 17.5 Å². The van der Waals surface area contributed by atoms with Gasteiger partial charge >= 0.3 is 40.4 Å². The summed E-state index contributed by atoms with van der Waals surface area (Å²) in [4.78, 5) is 145. The molecule has 10 fully saturated rings. The van der Waals surface area contributed by atoms with Crippen LogP contribution in [0.4, 0.5) is 48.1 Å². The molecule has 718 valence electrons. The standard InChI is InChI=1S/C22H24FN9O10P2S2.C21H24FN9O9P2S2.C20H23FN10O9P2S2/c23-10-9-3-37-43(34,45)42-15-14-20(31-6-27-11-8(24)1-2-26-16(11)31)40-22(15,4-36-14)5-38-44(35,46)41-13(10)19(39-9)32-7-28-12-17(32)29-21(25)30-18(12)33;22-12-15-11(38-20(12)30-6-26-13-9(23)1-2-25-16(13)30)5-36-41(33,43)39-10-3-8(4-35-42(34,44)40-15)37-19(10)31-7-27-14-17(31)28-21(24)29-18(14)32;21-11-14-10(38-19(11)31-15-12(28-29-31)8(22)1-2-24-15)5-36-41(33,43)39-9-3-7(4-35-42(34,44)40-14)37-18(9)30-6-25-13-16(30)26-20(23)27-17(13)32/h1-2,6-7,9-10,13-15,19-20H,3-5H2,(H2,24,26)(H,34,45)(H,35,46)(H3,25,29,30,33);1-2,6-8,10-12,15,19-20H,3-5H2,(H2,23,25)(H,33,43)(H,34,44)(H3,24,28,29,32);1-2,6-7,9-11,14,18-19H,3-5H2,(H2,22,24)(H,33,43)(H,34,44)(H3,23,26,27,32)/t9-,10-,13-,14-,15+,19-,20-,22-,43?,44?;8-,10-,11+,12-,15?,19+,20+,41?,42?;7-,9-,10+,11-,14?,18+,19+,41?,42?/m100/s1. The second-order valence-corrected chi connectivity index (χ2v) is 47.9. The van der Waals surface area contributed by atoms with Gasteiger partial charge in [-0.2, -0.15) is 19.6 Å². The van der Waals surface area contributed by atoms with Crippen LogP contribution in [0, 0.1) is 0 Å². The number of nitrogen functional groups attached to an aromatic ring is 6. The highest BCUT2D eigenvalue weighted by Crippen LogP contribution is 2.63. The Morgan fingerprint density at radius 1 is 0.410 bits per heavy atom. The molecule has 0 spiro atoms. The normalized spacial score (nSPS) is 37.6. The number of hydrogen-bond donors (Lipinski definition) is 15. The number of imidazole rings is 5. The number of aromatic nitrogens is 22. The van der Waals surface area contributed by atoms with Crippen LogP contribution in [0.1, 0.15) is 50.2 Å². The van der Waals surface area contributed by atoms with Gasteiger partial charge in [-0.05, 0) is 77.2 Å². The Labute approximate surface area is 773 Å². The largest absolute Gasteiger partial charge is 0.397 e. The van der Waals surface area contributed by atoms with E-state index in [0.29, 0.717) is 28.1 Å². The molecule has 0 amide bonds. The molecule has 0 aliphatic carbocycles. The van der Waals surface area contributed by atoms with Crippen molar-refractivity contribution >= 4 is 214 Å². The van der Waals surface area contributed by atoms with Crippen LogP contribution in [-0.4, -0.2) is 276 Å². The molecule has 10 saturated heterocycles. The fourth-order valence-corrected chi connectivity index (χ4v) is 25.3. The minimum atomic E-state index is -4.30. The summed E-state index contributed by atoms with van der Waals surface area (Å²) in [5.41, 5.74) is 34.4. The van der Waals surface area contributed by atoms with Gasteiger partial charge in [0.05, 0.1) is 107 Å². The number of thiol groups is 1. The van der Waals surface area contributed by atoms with Crippen molar-refractivity contribution in [2.24, 2.45) is 0 Å². The zero-order valence-corrected chi connectivity index (χ0v) is 77.6. The molecule has 28 atom stereocenters. The average Bonchev–Trinajstić information content (AvgIpc) is 1.55. The zero-order chi connectivity index (χ0) is 94.1. The van der Waals surface area contributed by atoms with E-state index in [-0.39, 0.29) is 106 Å². The minimum Gasteiger partial charge on any atom is -0.397 e. The van der Waals surface area contributed by atoms with Crippen LogP contribution in [0.5, 0.6) is 0 Å². The van der Waals surface area contributed by atoms with Gasteiger partial charge in [0.1, 0.15) is 77.7 Å². The lowest BCUT2D eigenvalue weighted by Crippen LogP contribution is -2.45. The third-order valence-electron chi connectivity index (χ3n) is 22.5. The van der Waals surface area contributed by atoms with Crippen LogP contribution in [0.25, 0.3) is 67.0 Å². The Hall–Kier alpha value is -7.70. The van der Waals surface area contributed by atoms with E-state index in [9.17, 15) is 43.4 Å². The molecule has 8 bridgehead atoms. The molecule has 20 N–H and O–H groups in total. The van der Waals surface area contributed by atoms with E-state index >= 15 is 13.2 Å². The van der Waals surface area contributed by atoms with Crippen molar-refractivity contribution < 1.29 is 130 Å². The Morgan fingerprint density at radius 3 is 1.31 bits per heavy atom. The number of halogens is 3. The number of aromatic amines is 3. The molecule has 71 heteroatoms. The lowest BCUT2D eigenvalue weighted by Gasteiger charge is -2.33. The number of nitrogens with one attached hydrogen (secondary N) is 3. The van der Waals surface area contributed by atoms with Crippen LogP contribution in [0.2, 0.25) is 0 Å². The number of anilines is 6. The van der Waals surface area contributed by atoms with Gasteiger partial charge in [-0.15, -0.1) is 5.10 Å². The van der Waals surface area contributed by atoms with Crippen molar-refractivity contribution in [2.75, 3.05) is 80.7 Å². The topological polar surface area (TPSA) is 745 Å². The second kappa shape index (κ2) is 35.6. The Kier molecular flexibility index (Phi) is 24.9. The first kappa shape index (κ1) is 93.9. The van der Waals surface area contributed by atoms with E-state index in [1.807, 2.05) is 0 Å². The molecule has 56 nitrogen and oxygen atoms in total. The number of pyridine rings is 3. The van der Waals surface area contributed by atoms with Gasteiger partial charge in [0.25, 0.3) is 16.7 Å². The van der Waals surface area contributed by atoms with Crippen molar-refractivity contribution in [3.05, 3.63) is 99.5 Å². The van der Waals surface area contributed by atoms with Crippen LogP contribution in [0.15, 0.2) is 82.8 Å². The summed E-state index contributed by atoms with van der Waals surface area (Å²) in [6.45, 7) is -28.0. The highest BCUT2D eigenvalue weighted by Gasteiger charge is 2.66. The fraction of sp³-hybridized carbons (Fsp3) is 0.492. The maximum absolute atomic E-state index is 16.0. The zero-order valence-electron chi connectivity index (χ0n) is 67.2. The average molecular weight is 2100 g/mol. The van der Waals surface area contributed by atoms with Gasteiger partial charge in [0.2, 0.25) is 17.8 Å². The SMILES string of the molecule is Nc1nc2c(ncn2[C@@H]2O[C@@H]3COP(=O)(S)O[C@H]4[C@H]5OC[C@]4(COP(O)(=S)O[C@@H]2[C@@H]3F)O[C@H]5n2cnc3c(N)ccnc32)c(=O)[nH]1.Nc1nc2c(ncn2[C@@H]2O[C@@H]3COP(O)(=S)OC4[C@@H](COP(O)(=S)O[C@H]2C3)O[C@@H](n2cnc3c(N)ccnc32)[C@H]4F)c(=O)[nH]1.Nc1nc2c(ncn2[C@@H]2O[C@@H]3COP(O)(=S)OC4[C@@H](COP(O)(=S)O[C@H]2C3)O[C@@H](n2nnc3c(N)ccnc32)[C@H]4F)c(=O)[nH]1. The molecule has 134 heavy (non-hydrogen) atoms. The Morgan fingerprint density at radius 2 is 0.806 bits per heavy atom. The summed E-state index contributed by atoms with van der Waals surface area (Å²) in [7, 11) is 0. The summed E-state index contributed by atoms with van der Waals surface area (Å²) in [6, 6.07) is 4.65. The van der Waals surface area contributed by atoms with E-state index in [0.717, 1.165) is 11.0 Å². The monoisotopic (exact) mass is 2100 g/mol. The van der Waals surface area contributed by atoms with Crippen molar-refractivity contribution in [1.29, 1.82) is 0 Å². The number of fused-ring (bicyclic) bond motifs is 14. The van der Waals surface area contributed by atoms with Gasteiger partial charge in [0.15, 0.2) is 112 Å². The molecule has 0 radical (unpaired) electrons. The second-order valence-electron chi connectivity index (χ2n) is 31.1. The van der Waals surface area contributed by atoms with Crippen LogP contribution in [-0.2, 0) is 151 Å². The molecule has 10 aliphatic heterocycles. The van der Waals surface area contributed by atoms with Crippen molar-refractivity contribution in [1.82, 2.24) is 108 Å². The van der Waals surface area contributed by atoms with Crippen LogP contribution >= 0.6 is 52.6 Å². The lowest BCUT2D eigenvalue weighted by atomic mass is 10.0. The van der Waals surface area contributed by atoms with Gasteiger partial charge in [-0.25, -0.2) is 57.6 Å². The molecule has 12 aromatic heterocycles. The van der Waals surface area contributed by atoms with Crippen LogP contribution in [0.3, 0.4) is 0 Å². The predicted octanol–water partition coefficient (Wildman–Crippen LogP) is 1.10. The van der Waals surface area contributed by atoms with E-state index in [4.69, 9.17) is 181 Å². The predicted molar refractivity (Wildman–Crippen MR) is 471 cm³/mol. The molecule has 8 unspecified atom stereocenters. The van der Waals surface area contributed by atoms with Crippen molar-refractivity contribution in [3.8, 4) is 0 Å². The Bertz CT molecular complexity index is 6890. The van der Waals surface area contributed by atoms with Crippen molar-refractivity contribution in [2.45, 2.75) is 148 Å². The van der Waals surface area contributed by atoms with Gasteiger partial charge in [-0.3, -0.25) is 74.8 Å². The number of rotatable bonds is 6. The number of alkyl halides is 3. The minimum absolute atomic E-state index is 0.0158. The van der Waals surface area contributed by atoms with E-state index in [1.165, 1.54) is 68.2 Å². The first-order chi connectivity index (χ1) is 63.6. The quantitative estimate of drug-likeness (QED) is 0.0819. The maximum atomic E-state index is 16.0. The molecule has 0 aromatic carbocycles. The molecule has 22 rings (SSSR count). The molecule has 12 aromatic rings. The molecule has 10 aliphatic rings. The summed E-state index contributed by atoms with van der Waals surface area (Å²) in [5.74, 6) is -0.556. The summed E-state index contributed by atoms with van der Waals surface area (Å²) >= 11 is 30.4.